The molecule has 0 bridgehead atoms. The van der Waals surface area contributed by atoms with Crippen molar-refractivity contribution in [2.45, 2.75) is 6.92 Å². The van der Waals surface area contributed by atoms with Crippen LogP contribution in [0.2, 0.25) is 5.02 Å². The molecule has 0 saturated heterocycles. The fourth-order valence-corrected chi connectivity index (χ4v) is 2.22. The van der Waals surface area contributed by atoms with Gasteiger partial charge in [0.1, 0.15) is 5.82 Å². The molecule has 0 amide bonds. The van der Waals surface area contributed by atoms with Gasteiger partial charge in [-0.25, -0.2) is 10.8 Å². The van der Waals surface area contributed by atoms with Crippen molar-refractivity contribution in [3.8, 4) is 0 Å². The zero-order chi connectivity index (χ0) is 14.8. The van der Waals surface area contributed by atoms with Crippen molar-refractivity contribution in [3.05, 3.63) is 47.2 Å². The molecule has 21 heavy (non-hydrogen) atoms. The summed E-state index contributed by atoms with van der Waals surface area (Å²) in [5.41, 5.74) is 4.93. The summed E-state index contributed by atoms with van der Waals surface area (Å²) < 4.78 is 0. The molecule has 106 valence electrons. The van der Waals surface area contributed by atoms with Crippen molar-refractivity contribution in [1.82, 2.24) is 15.0 Å². The predicted molar refractivity (Wildman–Crippen MR) is 84.6 cm³/mol. The molecule has 6 nitrogen and oxygen atoms in total. The minimum atomic E-state index is 0.342. The van der Waals surface area contributed by atoms with Crippen molar-refractivity contribution in [3.63, 3.8) is 0 Å². The summed E-state index contributed by atoms with van der Waals surface area (Å²) in [6.07, 6.45) is 3.42. The highest BCUT2D eigenvalue weighted by Gasteiger charge is 2.09. The Morgan fingerprint density at radius 1 is 1.19 bits per heavy atom. The second kappa shape index (κ2) is 5.51. The molecule has 3 rings (SSSR count). The SMILES string of the molecule is Cc1cnc(NN)nc1Nc1ccc(Cl)c2cccnc12. The number of anilines is 3. The zero-order valence-electron chi connectivity index (χ0n) is 11.3. The molecule has 0 aliphatic heterocycles. The summed E-state index contributed by atoms with van der Waals surface area (Å²) in [5.74, 6) is 6.34. The number of nitrogen functional groups attached to an aromatic ring is 1. The van der Waals surface area contributed by atoms with E-state index >= 15 is 0 Å². The van der Waals surface area contributed by atoms with Crippen LogP contribution in [0.15, 0.2) is 36.7 Å². The molecule has 0 aliphatic rings. The Morgan fingerprint density at radius 3 is 2.86 bits per heavy atom. The molecule has 0 unspecified atom stereocenters. The Balaban J connectivity index is 2.08. The van der Waals surface area contributed by atoms with Gasteiger partial charge in [0.15, 0.2) is 0 Å². The number of nitrogens with zero attached hydrogens (tertiary/aromatic N) is 3. The van der Waals surface area contributed by atoms with Crippen LogP contribution in [0, 0.1) is 6.92 Å². The van der Waals surface area contributed by atoms with Crippen molar-refractivity contribution in [2.75, 3.05) is 10.7 Å². The van der Waals surface area contributed by atoms with E-state index in [9.17, 15) is 0 Å². The van der Waals surface area contributed by atoms with Gasteiger partial charge in [0.2, 0.25) is 5.95 Å². The van der Waals surface area contributed by atoms with Crippen molar-refractivity contribution < 1.29 is 0 Å². The minimum absolute atomic E-state index is 0.342. The van der Waals surface area contributed by atoms with Crippen LogP contribution in [0.25, 0.3) is 10.9 Å². The third kappa shape index (κ3) is 2.58. The van der Waals surface area contributed by atoms with E-state index in [0.717, 1.165) is 22.2 Å². The predicted octanol–water partition coefficient (Wildman–Crippen LogP) is 3.02. The van der Waals surface area contributed by atoms with Crippen molar-refractivity contribution in [1.29, 1.82) is 0 Å². The first-order valence-corrected chi connectivity index (χ1v) is 6.67. The maximum atomic E-state index is 6.19. The van der Waals surface area contributed by atoms with Gasteiger partial charge in [0.05, 0.1) is 16.2 Å². The van der Waals surface area contributed by atoms with Crippen LogP contribution in [0.5, 0.6) is 0 Å². The number of nitrogens with one attached hydrogen (secondary N) is 2. The molecule has 7 heteroatoms. The lowest BCUT2D eigenvalue weighted by Crippen LogP contribution is -2.11. The van der Waals surface area contributed by atoms with Crippen LogP contribution in [-0.4, -0.2) is 15.0 Å². The average Bonchev–Trinajstić information content (AvgIpc) is 2.52. The summed E-state index contributed by atoms with van der Waals surface area (Å²) in [6.45, 7) is 1.91. The molecule has 2 heterocycles. The molecular weight excluding hydrogens is 288 g/mol. The number of fused-ring (bicyclic) bond motifs is 1. The lowest BCUT2D eigenvalue weighted by molar-refractivity contribution is 1.09. The van der Waals surface area contributed by atoms with Crippen LogP contribution in [0.4, 0.5) is 17.5 Å². The molecule has 3 aromatic rings. The van der Waals surface area contributed by atoms with Gasteiger partial charge in [0.25, 0.3) is 0 Å². The van der Waals surface area contributed by atoms with Crippen LogP contribution < -0.4 is 16.6 Å². The number of nitrogens with two attached hydrogens (primary N) is 1. The summed E-state index contributed by atoms with van der Waals surface area (Å²) in [4.78, 5) is 12.7. The zero-order valence-corrected chi connectivity index (χ0v) is 12.0. The van der Waals surface area contributed by atoms with Crippen molar-refractivity contribution >= 4 is 40.0 Å². The topological polar surface area (TPSA) is 88.8 Å². The fourth-order valence-electron chi connectivity index (χ4n) is 2.00. The van der Waals surface area contributed by atoms with Gasteiger partial charge < -0.3 is 5.32 Å². The Labute approximate surface area is 126 Å². The second-order valence-electron chi connectivity index (χ2n) is 4.49. The maximum absolute atomic E-state index is 6.19. The van der Waals surface area contributed by atoms with Gasteiger partial charge in [0, 0.05) is 23.3 Å². The van der Waals surface area contributed by atoms with E-state index in [1.165, 1.54) is 0 Å². The van der Waals surface area contributed by atoms with E-state index < -0.39 is 0 Å². The van der Waals surface area contributed by atoms with E-state index in [-0.39, 0.29) is 0 Å². The largest absolute Gasteiger partial charge is 0.338 e. The van der Waals surface area contributed by atoms with Gasteiger partial charge in [-0.2, -0.15) is 4.98 Å². The van der Waals surface area contributed by atoms with E-state index in [1.807, 2.05) is 31.2 Å². The number of benzene rings is 1. The van der Waals surface area contributed by atoms with Crippen molar-refractivity contribution in [2.24, 2.45) is 5.84 Å². The molecule has 1 aromatic carbocycles. The fraction of sp³-hybridized carbons (Fsp3) is 0.0714. The van der Waals surface area contributed by atoms with Gasteiger partial charge in [-0.1, -0.05) is 11.6 Å². The maximum Gasteiger partial charge on any atom is 0.239 e. The molecular formula is C14H13ClN6. The Hall–Kier alpha value is -2.44. The third-order valence-electron chi connectivity index (χ3n) is 3.07. The summed E-state index contributed by atoms with van der Waals surface area (Å²) >= 11 is 6.19. The van der Waals surface area contributed by atoms with E-state index in [1.54, 1.807) is 12.4 Å². The number of aryl methyl sites for hydroxylation is 1. The number of hydrogen-bond donors (Lipinski definition) is 3. The summed E-state index contributed by atoms with van der Waals surface area (Å²) in [6, 6.07) is 7.47. The van der Waals surface area contributed by atoms with E-state index in [2.05, 4.69) is 25.7 Å². The first-order valence-electron chi connectivity index (χ1n) is 6.29. The monoisotopic (exact) mass is 300 g/mol. The van der Waals surface area contributed by atoms with Crippen LogP contribution in [0.1, 0.15) is 5.56 Å². The number of aromatic nitrogens is 3. The normalized spacial score (nSPS) is 10.6. The smallest absolute Gasteiger partial charge is 0.239 e. The third-order valence-corrected chi connectivity index (χ3v) is 3.40. The highest BCUT2D eigenvalue weighted by molar-refractivity contribution is 6.35. The summed E-state index contributed by atoms with van der Waals surface area (Å²) in [7, 11) is 0. The lowest BCUT2D eigenvalue weighted by atomic mass is 10.2. The molecule has 4 N–H and O–H groups in total. The van der Waals surface area contributed by atoms with Crippen LogP contribution in [0.3, 0.4) is 0 Å². The minimum Gasteiger partial charge on any atom is -0.338 e. The van der Waals surface area contributed by atoms with Gasteiger partial charge in [-0.05, 0) is 31.2 Å². The lowest BCUT2D eigenvalue weighted by Gasteiger charge is -2.12. The summed E-state index contributed by atoms with van der Waals surface area (Å²) in [5, 5.41) is 4.79. The first kappa shape index (κ1) is 13.5. The Bertz CT molecular complexity index is 805. The van der Waals surface area contributed by atoms with E-state index in [0.29, 0.717) is 16.8 Å². The number of halogens is 1. The second-order valence-corrected chi connectivity index (χ2v) is 4.90. The molecule has 0 spiro atoms. The molecule has 0 saturated carbocycles. The number of rotatable bonds is 3. The highest BCUT2D eigenvalue weighted by atomic mass is 35.5. The number of pyridine rings is 1. The average molecular weight is 301 g/mol. The van der Waals surface area contributed by atoms with Gasteiger partial charge in [-0.3, -0.25) is 10.4 Å². The van der Waals surface area contributed by atoms with Crippen LogP contribution in [-0.2, 0) is 0 Å². The number of hydrogen-bond acceptors (Lipinski definition) is 6. The number of hydrazine groups is 1. The molecule has 0 atom stereocenters. The van der Waals surface area contributed by atoms with Gasteiger partial charge >= 0.3 is 0 Å². The van der Waals surface area contributed by atoms with Crippen LogP contribution >= 0.6 is 11.6 Å². The Kier molecular flexibility index (Phi) is 3.55. The van der Waals surface area contributed by atoms with Gasteiger partial charge in [-0.15, -0.1) is 0 Å². The first-order chi connectivity index (χ1) is 10.2. The van der Waals surface area contributed by atoms with E-state index in [4.69, 9.17) is 17.4 Å². The highest BCUT2D eigenvalue weighted by Crippen LogP contribution is 2.30. The molecule has 0 fully saturated rings. The Morgan fingerprint density at radius 2 is 2.05 bits per heavy atom. The quantitative estimate of drug-likeness (QED) is 0.509. The molecule has 0 aliphatic carbocycles. The molecule has 2 aromatic heterocycles. The standard InChI is InChI=1S/C14H13ClN6/c1-8-7-18-14(21-16)20-13(8)19-11-5-4-10(15)9-3-2-6-17-12(9)11/h2-7H,16H2,1H3,(H2,18,19,20,21). The molecule has 0 radical (unpaired) electrons.